The maximum atomic E-state index is 13.0. The molecule has 2 N–H and O–H groups in total. The second-order valence-corrected chi connectivity index (χ2v) is 7.13. The molecule has 0 bridgehead atoms. The largest absolute Gasteiger partial charge is 0.299 e. The molecule has 0 unspecified atom stereocenters. The van der Waals surface area contributed by atoms with Crippen LogP contribution in [0.25, 0.3) is 17.1 Å². The van der Waals surface area contributed by atoms with Gasteiger partial charge in [-0.2, -0.15) is 0 Å². The second-order valence-electron chi connectivity index (χ2n) is 6.29. The van der Waals surface area contributed by atoms with Crippen molar-refractivity contribution >= 4 is 47.2 Å². The van der Waals surface area contributed by atoms with E-state index in [1.807, 2.05) is 48.5 Å². The molecule has 0 aliphatic carbocycles. The van der Waals surface area contributed by atoms with Gasteiger partial charge in [0.1, 0.15) is 11.5 Å². The van der Waals surface area contributed by atoms with Gasteiger partial charge in [0.25, 0.3) is 5.91 Å². The summed E-state index contributed by atoms with van der Waals surface area (Å²) in [4.78, 5) is 17.5. The lowest BCUT2D eigenvalue weighted by molar-refractivity contribution is 0.0982. The summed E-state index contributed by atoms with van der Waals surface area (Å²) in [5, 5.41) is 2.21. The average Bonchev–Trinajstić information content (AvgIpc) is 3.19. The highest BCUT2D eigenvalue weighted by Crippen LogP contribution is 2.30. The molecule has 8 heteroatoms. The van der Waals surface area contributed by atoms with Crippen LogP contribution in [0.4, 0.5) is 5.69 Å². The van der Waals surface area contributed by atoms with Crippen molar-refractivity contribution in [1.29, 1.82) is 0 Å². The van der Waals surface area contributed by atoms with Crippen LogP contribution < -0.4 is 10.9 Å². The summed E-state index contributed by atoms with van der Waals surface area (Å²) in [6.07, 6.45) is 1.65. The van der Waals surface area contributed by atoms with Gasteiger partial charge in [-0.3, -0.25) is 9.36 Å². The van der Waals surface area contributed by atoms with Crippen LogP contribution in [0.5, 0.6) is 0 Å². The van der Waals surface area contributed by atoms with Crippen molar-refractivity contribution < 1.29 is 4.79 Å². The molecule has 4 aromatic rings. The molecule has 0 saturated heterocycles. The number of aromatic nitrogens is 2. The van der Waals surface area contributed by atoms with E-state index in [4.69, 9.17) is 29.0 Å². The molecule has 1 heterocycles. The number of amides is 1. The number of carbonyl (C=O) groups excluding carboxylic acids is 1. The Hall–Kier alpha value is -2.83. The highest BCUT2D eigenvalue weighted by atomic mass is 35.5. The van der Waals surface area contributed by atoms with Gasteiger partial charge in [-0.05, 0) is 48.5 Å². The topological polar surface area (TPSA) is 64.2 Å². The standard InChI is InChI=1S/C22H16Cl2N4O.ClH/c23-15-10-12-16(13-11-15)27-14-20(22(29)28(25)17-6-2-1-3-7-17)26-21(27)18-8-4-5-9-19(18)24;/h1-14H,25H2;1H. The number of imidazole rings is 1. The van der Waals surface area contributed by atoms with E-state index in [0.717, 1.165) is 10.7 Å². The highest BCUT2D eigenvalue weighted by Gasteiger charge is 2.22. The average molecular weight is 460 g/mol. The molecule has 0 fully saturated rings. The summed E-state index contributed by atoms with van der Waals surface area (Å²) >= 11 is 12.4. The van der Waals surface area contributed by atoms with Crippen LogP contribution >= 0.6 is 35.6 Å². The number of para-hydroxylation sites is 1. The molecular formula is C22H17Cl3N4O. The zero-order valence-electron chi connectivity index (χ0n) is 15.6. The summed E-state index contributed by atoms with van der Waals surface area (Å²) in [5.74, 6) is 6.15. The molecule has 1 aromatic heterocycles. The Balaban J connectivity index is 0.00000256. The highest BCUT2D eigenvalue weighted by molar-refractivity contribution is 6.33. The first-order valence-electron chi connectivity index (χ1n) is 8.79. The first-order valence-corrected chi connectivity index (χ1v) is 9.54. The van der Waals surface area contributed by atoms with Gasteiger partial charge in [-0.25, -0.2) is 15.8 Å². The van der Waals surface area contributed by atoms with Crippen molar-refractivity contribution in [2.75, 3.05) is 5.01 Å². The SMILES string of the molecule is Cl.NN(C(=O)c1cn(-c2ccc(Cl)cc2)c(-c2ccccc2Cl)n1)c1ccccc1. The van der Waals surface area contributed by atoms with Gasteiger partial charge in [-0.1, -0.05) is 53.5 Å². The van der Waals surface area contributed by atoms with Crippen LogP contribution in [-0.4, -0.2) is 15.5 Å². The molecule has 0 spiro atoms. The number of halogens is 3. The zero-order valence-corrected chi connectivity index (χ0v) is 17.9. The fourth-order valence-corrected chi connectivity index (χ4v) is 3.29. The van der Waals surface area contributed by atoms with E-state index < -0.39 is 5.91 Å². The van der Waals surface area contributed by atoms with Gasteiger partial charge < -0.3 is 0 Å². The first-order chi connectivity index (χ1) is 14.0. The fourth-order valence-electron chi connectivity index (χ4n) is 2.94. The van der Waals surface area contributed by atoms with Crippen LogP contribution in [0.15, 0.2) is 85.1 Å². The Morgan fingerprint density at radius 3 is 2.20 bits per heavy atom. The fraction of sp³-hybridized carbons (Fsp3) is 0. The summed E-state index contributed by atoms with van der Waals surface area (Å²) in [6, 6.07) is 23.5. The minimum atomic E-state index is -0.433. The third kappa shape index (κ3) is 4.35. The quantitative estimate of drug-likeness (QED) is 0.239. The summed E-state index contributed by atoms with van der Waals surface area (Å²) in [6.45, 7) is 0. The van der Waals surface area contributed by atoms with Crippen LogP contribution in [0.2, 0.25) is 10.0 Å². The number of carbonyl (C=O) groups is 1. The molecule has 0 atom stereocenters. The van der Waals surface area contributed by atoms with Crippen molar-refractivity contribution in [1.82, 2.24) is 9.55 Å². The molecule has 0 aliphatic heterocycles. The van der Waals surface area contributed by atoms with E-state index in [2.05, 4.69) is 4.98 Å². The molecular weight excluding hydrogens is 443 g/mol. The Bertz CT molecular complexity index is 1160. The summed E-state index contributed by atoms with van der Waals surface area (Å²) in [7, 11) is 0. The minimum Gasteiger partial charge on any atom is -0.299 e. The number of nitrogens with zero attached hydrogens (tertiary/aromatic N) is 3. The monoisotopic (exact) mass is 458 g/mol. The van der Waals surface area contributed by atoms with Crippen LogP contribution in [0, 0.1) is 0 Å². The molecule has 3 aromatic carbocycles. The van der Waals surface area contributed by atoms with Crippen LogP contribution in [0.1, 0.15) is 10.5 Å². The summed E-state index contributed by atoms with van der Waals surface area (Å²) in [5.41, 5.74) is 2.25. The number of anilines is 1. The maximum Gasteiger partial charge on any atom is 0.292 e. The Kier molecular flexibility index (Phi) is 6.80. The number of hydrogen-bond acceptors (Lipinski definition) is 3. The normalized spacial score (nSPS) is 10.4. The van der Waals surface area contributed by atoms with E-state index in [0.29, 0.717) is 27.1 Å². The van der Waals surface area contributed by atoms with Gasteiger partial charge in [-0.15, -0.1) is 12.4 Å². The molecule has 5 nitrogen and oxygen atoms in total. The van der Waals surface area contributed by atoms with Crippen molar-refractivity contribution in [3.05, 3.63) is 101 Å². The van der Waals surface area contributed by atoms with Gasteiger partial charge >= 0.3 is 0 Å². The number of hydrogen-bond donors (Lipinski definition) is 1. The van der Waals surface area contributed by atoms with Gasteiger partial charge in [0.2, 0.25) is 0 Å². The van der Waals surface area contributed by atoms with Gasteiger partial charge in [0.15, 0.2) is 0 Å². The van der Waals surface area contributed by atoms with E-state index >= 15 is 0 Å². The lowest BCUT2D eigenvalue weighted by atomic mass is 10.2. The molecule has 0 aliphatic rings. The maximum absolute atomic E-state index is 13.0. The zero-order chi connectivity index (χ0) is 20.4. The first kappa shape index (κ1) is 21.9. The number of hydrazine groups is 1. The molecule has 1 amide bonds. The molecule has 0 saturated carbocycles. The molecule has 4 rings (SSSR count). The minimum absolute atomic E-state index is 0. The lowest BCUT2D eigenvalue weighted by Crippen LogP contribution is -2.37. The van der Waals surface area contributed by atoms with Crippen molar-refractivity contribution in [2.45, 2.75) is 0 Å². The van der Waals surface area contributed by atoms with E-state index in [1.54, 1.807) is 41.1 Å². The molecule has 0 radical (unpaired) electrons. The Morgan fingerprint density at radius 2 is 1.53 bits per heavy atom. The number of rotatable bonds is 4. The second kappa shape index (κ2) is 9.32. The van der Waals surface area contributed by atoms with Crippen molar-refractivity contribution in [2.24, 2.45) is 5.84 Å². The van der Waals surface area contributed by atoms with E-state index in [-0.39, 0.29) is 18.1 Å². The lowest BCUT2D eigenvalue weighted by Gasteiger charge is -2.14. The van der Waals surface area contributed by atoms with Gasteiger partial charge in [0.05, 0.1) is 10.7 Å². The van der Waals surface area contributed by atoms with E-state index in [9.17, 15) is 4.79 Å². The predicted octanol–water partition coefficient (Wildman–Crippen LogP) is 5.79. The third-order valence-corrected chi connectivity index (χ3v) is 4.98. The molecule has 152 valence electrons. The number of benzene rings is 3. The van der Waals surface area contributed by atoms with Crippen LogP contribution in [-0.2, 0) is 0 Å². The Labute approximate surface area is 190 Å². The van der Waals surface area contributed by atoms with Crippen LogP contribution in [0.3, 0.4) is 0 Å². The van der Waals surface area contributed by atoms with Crippen molar-refractivity contribution in [3.8, 4) is 17.1 Å². The van der Waals surface area contributed by atoms with E-state index in [1.165, 1.54) is 0 Å². The van der Waals surface area contributed by atoms with Crippen molar-refractivity contribution in [3.63, 3.8) is 0 Å². The third-order valence-electron chi connectivity index (χ3n) is 4.40. The Morgan fingerprint density at radius 1 is 0.900 bits per heavy atom. The predicted molar refractivity (Wildman–Crippen MR) is 124 cm³/mol. The number of nitrogens with two attached hydrogens (primary N) is 1. The van der Waals surface area contributed by atoms with Gasteiger partial charge in [0, 0.05) is 22.5 Å². The smallest absolute Gasteiger partial charge is 0.292 e. The molecule has 30 heavy (non-hydrogen) atoms. The summed E-state index contributed by atoms with van der Waals surface area (Å²) < 4.78 is 1.80.